The minimum absolute atomic E-state index is 0.125. The van der Waals surface area contributed by atoms with Crippen LogP contribution in [-0.4, -0.2) is 103 Å². The maximum Gasteiger partial charge on any atom is 0.232 e. The molecular formula is C44H82N8O3. The highest BCUT2D eigenvalue weighted by Gasteiger charge is 2.51. The van der Waals surface area contributed by atoms with E-state index < -0.39 is 0 Å². The molecule has 1 aromatic rings. The number of aliphatic hydroxyl groups is 1. The van der Waals surface area contributed by atoms with E-state index in [0.29, 0.717) is 31.1 Å². The van der Waals surface area contributed by atoms with Crippen LogP contribution in [0.25, 0.3) is 0 Å². The zero-order valence-corrected chi connectivity index (χ0v) is 37.0. The van der Waals surface area contributed by atoms with Gasteiger partial charge in [0.15, 0.2) is 0 Å². The molecule has 2 saturated heterocycles. The molecule has 0 unspecified atom stereocenters. The van der Waals surface area contributed by atoms with Gasteiger partial charge in [-0.25, -0.2) is 0 Å². The zero-order valence-electron chi connectivity index (χ0n) is 37.0. The predicted molar refractivity (Wildman–Crippen MR) is 226 cm³/mol. The molecule has 4 aliphatic rings. The van der Waals surface area contributed by atoms with Crippen LogP contribution in [0, 0.1) is 0 Å². The van der Waals surface area contributed by atoms with Gasteiger partial charge in [0.1, 0.15) is 0 Å². The minimum atomic E-state index is -0.162. The summed E-state index contributed by atoms with van der Waals surface area (Å²) in [6.07, 6.45) is 21.8. The van der Waals surface area contributed by atoms with E-state index in [4.69, 9.17) is 24.6 Å². The Labute approximate surface area is 336 Å². The van der Waals surface area contributed by atoms with Crippen LogP contribution in [0.1, 0.15) is 191 Å². The van der Waals surface area contributed by atoms with Crippen molar-refractivity contribution in [2.45, 2.75) is 238 Å². The summed E-state index contributed by atoms with van der Waals surface area (Å²) in [6, 6.07) is 0.482. The second kappa shape index (κ2) is 19.3. The van der Waals surface area contributed by atoms with E-state index in [2.05, 4.69) is 94.5 Å². The van der Waals surface area contributed by atoms with Crippen LogP contribution in [0.15, 0.2) is 0 Å². The van der Waals surface area contributed by atoms with Gasteiger partial charge >= 0.3 is 0 Å². The minimum Gasteiger partial charge on any atom is -0.396 e. The monoisotopic (exact) mass is 771 g/mol. The van der Waals surface area contributed by atoms with Gasteiger partial charge in [0.25, 0.3) is 0 Å². The van der Waals surface area contributed by atoms with Gasteiger partial charge in [0, 0.05) is 60.5 Å². The lowest BCUT2D eigenvalue weighted by molar-refractivity contribution is -0.310. The van der Waals surface area contributed by atoms with Crippen molar-refractivity contribution in [2.24, 2.45) is 0 Å². The molecule has 0 bridgehead atoms. The highest BCUT2D eigenvalue weighted by molar-refractivity contribution is 5.47. The third-order valence-electron chi connectivity index (χ3n) is 12.9. The Bertz CT molecular complexity index is 1190. The van der Waals surface area contributed by atoms with Crippen LogP contribution in [0.2, 0.25) is 0 Å². The van der Waals surface area contributed by atoms with E-state index in [9.17, 15) is 5.11 Å². The summed E-state index contributed by atoms with van der Waals surface area (Å²) in [4.78, 5) is 34.7. The third-order valence-corrected chi connectivity index (χ3v) is 12.9. The van der Waals surface area contributed by atoms with Crippen molar-refractivity contribution in [3.8, 4) is 0 Å². The molecule has 5 rings (SSSR count). The van der Waals surface area contributed by atoms with Gasteiger partial charge in [0.2, 0.25) is 17.8 Å². The van der Waals surface area contributed by atoms with Crippen molar-refractivity contribution in [1.82, 2.24) is 25.1 Å². The zero-order chi connectivity index (χ0) is 39.9. The summed E-state index contributed by atoms with van der Waals surface area (Å²) >= 11 is 0. The number of aliphatic hydroxyl groups excluding tert-OH is 1. The number of rotatable bonds is 18. The molecule has 0 aromatic carbocycles. The lowest BCUT2D eigenvalue weighted by Gasteiger charge is -2.57. The van der Waals surface area contributed by atoms with E-state index in [1.54, 1.807) is 0 Å². The van der Waals surface area contributed by atoms with Gasteiger partial charge in [-0.15, -0.1) is 0 Å². The number of nitrogens with zero attached hydrogens (tertiary/aromatic N) is 7. The number of unbranched alkanes of at least 4 members (excludes halogenated alkanes) is 2. The molecule has 1 aromatic heterocycles. The molecule has 11 nitrogen and oxygen atoms in total. The Morgan fingerprint density at radius 1 is 0.600 bits per heavy atom. The van der Waals surface area contributed by atoms with Crippen molar-refractivity contribution >= 4 is 17.8 Å². The molecule has 4 fully saturated rings. The largest absolute Gasteiger partial charge is 0.396 e. The molecule has 0 amide bonds. The lowest BCUT2D eigenvalue weighted by atomic mass is 9.78. The van der Waals surface area contributed by atoms with E-state index in [0.717, 1.165) is 102 Å². The van der Waals surface area contributed by atoms with Crippen molar-refractivity contribution in [3.63, 3.8) is 0 Å². The van der Waals surface area contributed by atoms with Crippen LogP contribution in [0.5, 0.6) is 0 Å². The topological polar surface area (TPSA) is 102 Å². The Hall–Kier alpha value is -1.79. The Balaban J connectivity index is 1.48. The first-order valence-corrected chi connectivity index (χ1v) is 22.7. The van der Waals surface area contributed by atoms with Gasteiger partial charge in [-0.2, -0.15) is 25.1 Å². The summed E-state index contributed by atoms with van der Waals surface area (Å²) in [5.41, 5.74) is -0.649. The summed E-state index contributed by atoms with van der Waals surface area (Å²) in [5, 5.41) is 17.9. The molecular weight excluding hydrogens is 689 g/mol. The normalized spacial score (nSPS) is 24.2. The lowest BCUT2D eigenvalue weighted by Crippen LogP contribution is -2.65. The fraction of sp³-hybridized carbons (Fsp3) is 0.932. The standard InChI is InChI=1S/C44H82N8O3/c1-11-13-27-49(34-30-41(3,4)51(42(5,6)31-34)54-36-22-17-15-18-23-36)39-46-38(45-26-21-29-53)47-40(48-39)50(28-14-12-2)35-32-43(7,8)52(44(9,10)33-35)55-37-24-19-16-20-25-37/h34-37,53H,11-33H2,1-10H3,(H,45,46,47,48). The van der Waals surface area contributed by atoms with Crippen molar-refractivity contribution in [1.29, 1.82) is 0 Å². The highest BCUT2D eigenvalue weighted by atomic mass is 16.7. The number of hydroxylamine groups is 4. The molecule has 2 N–H and O–H groups in total. The van der Waals surface area contributed by atoms with Gasteiger partial charge in [-0.05, 0) is 126 Å². The number of nitrogens with one attached hydrogen (secondary N) is 1. The second-order valence-corrected chi connectivity index (χ2v) is 20.1. The molecule has 3 heterocycles. The molecule has 2 aliphatic carbocycles. The first-order valence-electron chi connectivity index (χ1n) is 22.7. The van der Waals surface area contributed by atoms with Crippen LogP contribution in [0.3, 0.4) is 0 Å². The van der Waals surface area contributed by atoms with E-state index >= 15 is 0 Å². The van der Waals surface area contributed by atoms with E-state index in [1.165, 1.54) is 38.5 Å². The first-order chi connectivity index (χ1) is 26.1. The van der Waals surface area contributed by atoms with Crippen LogP contribution in [-0.2, 0) is 9.68 Å². The number of anilines is 3. The number of hydrogen-bond donors (Lipinski definition) is 2. The summed E-state index contributed by atoms with van der Waals surface area (Å²) in [5.74, 6) is 2.13. The van der Waals surface area contributed by atoms with E-state index in [1.807, 2.05) is 0 Å². The van der Waals surface area contributed by atoms with Gasteiger partial charge < -0.3 is 20.2 Å². The maximum absolute atomic E-state index is 9.67. The fourth-order valence-electron chi connectivity index (χ4n) is 10.6. The van der Waals surface area contributed by atoms with Gasteiger partial charge in [-0.3, -0.25) is 9.68 Å². The summed E-state index contributed by atoms with van der Waals surface area (Å²) in [7, 11) is 0. The van der Waals surface area contributed by atoms with Crippen LogP contribution in [0.4, 0.5) is 17.8 Å². The first kappa shape index (κ1) is 44.3. The number of hydrogen-bond acceptors (Lipinski definition) is 11. The van der Waals surface area contributed by atoms with Crippen molar-refractivity contribution in [2.75, 3.05) is 41.4 Å². The Morgan fingerprint density at radius 3 is 1.33 bits per heavy atom. The summed E-state index contributed by atoms with van der Waals surface area (Å²) in [6.45, 7) is 26.0. The summed E-state index contributed by atoms with van der Waals surface area (Å²) < 4.78 is 0. The molecule has 2 aliphatic heterocycles. The van der Waals surface area contributed by atoms with E-state index in [-0.39, 0.29) is 40.8 Å². The molecule has 0 atom stereocenters. The second-order valence-electron chi connectivity index (χ2n) is 20.1. The molecule has 316 valence electrons. The van der Waals surface area contributed by atoms with Gasteiger partial charge in [-0.1, -0.05) is 65.2 Å². The maximum atomic E-state index is 9.67. The SMILES string of the molecule is CCCCN(c1nc(NCCCO)nc(N(CCCC)C2CC(C)(C)N(OC3CCCCC3)C(C)(C)C2)n1)C1CC(C)(C)N(OC2CCCCC2)C(C)(C)C1. The highest BCUT2D eigenvalue weighted by Crippen LogP contribution is 2.45. The molecule has 55 heavy (non-hydrogen) atoms. The number of piperidine rings is 2. The Kier molecular flexibility index (Phi) is 15.6. The van der Waals surface area contributed by atoms with Crippen LogP contribution < -0.4 is 15.1 Å². The molecule has 0 radical (unpaired) electrons. The quantitative estimate of drug-likeness (QED) is 0.140. The smallest absolute Gasteiger partial charge is 0.232 e. The van der Waals surface area contributed by atoms with Crippen molar-refractivity contribution < 1.29 is 14.8 Å². The third kappa shape index (κ3) is 11.5. The molecule has 11 heteroatoms. The predicted octanol–water partition coefficient (Wildman–Crippen LogP) is 9.45. The molecule has 2 saturated carbocycles. The molecule has 0 spiro atoms. The van der Waals surface area contributed by atoms with Gasteiger partial charge in [0.05, 0.1) is 12.2 Å². The average Bonchev–Trinajstić information content (AvgIpc) is 3.12. The fourth-order valence-corrected chi connectivity index (χ4v) is 10.6. The number of aromatic nitrogens is 3. The Morgan fingerprint density at radius 2 is 0.982 bits per heavy atom. The van der Waals surface area contributed by atoms with Crippen molar-refractivity contribution in [3.05, 3.63) is 0 Å². The average molecular weight is 771 g/mol. The van der Waals surface area contributed by atoms with Crippen LogP contribution >= 0.6 is 0 Å².